The van der Waals surface area contributed by atoms with Gasteiger partial charge in [-0.25, -0.2) is 0 Å². The summed E-state index contributed by atoms with van der Waals surface area (Å²) in [5.41, 5.74) is 0. The van der Waals surface area contributed by atoms with Crippen molar-refractivity contribution in [2.45, 2.75) is 48.8 Å². The van der Waals surface area contributed by atoms with Crippen LogP contribution in [0.4, 0.5) is 0 Å². The fourth-order valence-corrected chi connectivity index (χ4v) is 1.24. The van der Waals surface area contributed by atoms with Gasteiger partial charge in [0.2, 0.25) is 0 Å². The molecule has 24 heavy (non-hydrogen) atoms. The fraction of sp³-hybridized carbons (Fsp3) is 0.833. The molecule has 0 saturated heterocycles. The third-order valence-corrected chi connectivity index (χ3v) is 2.84. The Hall–Kier alpha value is -1.06. The lowest BCUT2D eigenvalue weighted by Gasteiger charge is -2.22. The second-order valence-electron chi connectivity index (χ2n) is 4.72. The lowest BCUT2D eigenvalue weighted by atomic mass is 10.0. The topological polar surface area (TPSA) is 236 Å². The summed E-state index contributed by atoms with van der Waals surface area (Å²) in [6.45, 7) is -1.52. The first-order valence-electron chi connectivity index (χ1n) is 6.65. The molecule has 0 bridgehead atoms. The summed E-state index contributed by atoms with van der Waals surface area (Å²) >= 11 is 0. The Bertz CT molecular complexity index is 308. The van der Waals surface area contributed by atoms with E-state index in [1.54, 1.807) is 0 Å². The van der Waals surface area contributed by atoms with E-state index in [1.807, 2.05) is 0 Å². The lowest BCUT2D eigenvalue weighted by Crippen LogP contribution is -2.46. The van der Waals surface area contributed by atoms with Crippen LogP contribution in [0.2, 0.25) is 0 Å². The lowest BCUT2D eigenvalue weighted by molar-refractivity contribution is -0.136. The summed E-state index contributed by atoms with van der Waals surface area (Å²) in [5.74, 6) is 0. The molecule has 0 fully saturated rings. The highest BCUT2D eigenvalue weighted by atomic mass is 16.4. The summed E-state index contributed by atoms with van der Waals surface area (Å²) in [4.78, 5) is 19.8. The maximum Gasteiger partial charge on any atom is 0.151 e. The largest absolute Gasteiger partial charge is 0.394 e. The quantitative estimate of drug-likeness (QED) is 0.164. The van der Waals surface area contributed by atoms with Crippen LogP contribution in [0.15, 0.2) is 0 Å². The highest BCUT2D eigenvalue weighted by Gasteiger charge is 2.30. The van der Waals surface area contributed by atoms with Crippen LogP contribution in [0, 0.1) is 0 Å². The van der Waals surface area contributed by atoms with E-state index in [9.17, 15) is 9.59 Å². The molecule has 0 unspecified atom stereocenters. The van der Waals surface area contributed by atoms with E-state index < -0.39 is 62.0 Å². The minimum Gasteiger partial charge on any atom is -0.394 e. The van der Waals surface area contributed by atoms with Gasteiger partial charge < -0.3 is 60.7 Å². The van der Waals surface area contributed by atoms with Gasteiger partial charge in [0.1, 0.15) is 48.8 Å². The number of aliphatic hydroxyl groups excluding tert-OH is 10. The van der Waals surface area contributed by atoms with Gasteiger partial charge in [0, 0.05) is 0 Å². The van der Waals surface area contributed by atoms with E-state index in [4.69, 9.17) is 51.1 Å². The van der Waals surface area contributed by atoms with Crippen LogP contribution >= 0.6 is 0 Å². The Labute approximate surface area is 136 Å². The first-order valence-corrected chi connectivity index (χ1v) is 6.65. The number of rotatable bonds is 10. The molecule has 0 amide bonds. The standard InChI is InChI=1S/2C6H12O6/c2*7-1-3(9)5(11)6(12)4(10)2-8/h2*1,3-6,8-12H,2H2/t2*3-,4-,5+,6+/m00/s1. The van der Waals surface area contributed by atoms with Gasteiger partial charge in [-0.05, 0) is 0 Å². The molecule has 0 rings (SSSR count). The summed E-state index contributed by atoms with van der Waals surface area (Å²) in [7, 11) is 0. The van der Waals surface area contributed by atoms with E-state index in [2.05, 4.69) is 0 Å². The van der Waals surface area contributed by atoms with E-state index in [0.717, 1.165) is 0 Å². The van der Waals surface area contributed by atoms with E-state index in [-0.39, 0.29) is 12.6 Å². The minimum absolute atomic E-state index is 0.0258. The Morgan fingerprint density at radius 3 is 0.958 bits per heavy atom. The van der Waals surface area contributed by atoms with E-state index in [0.29, 0.717) is 0 Å². The summed E-state index contributed by atoms with van der Waals surface area (Å²) in [5, 5.41) is 87.1. The first-order chi connectivity index (χ1) is 11.1. The van der Waals surface area contributed by atoms with Crippen molar-refractivity contribution < 1.29 is 60.7 Å². The first kappa shape index (κ1) is 25.2. The van der Waals surface area contributed by atoms with Crippen molar-refractivity contribution in [3.8, 4) is 0 Å². The van der Waals surface area contributed by atoms with Crippen LogP contribution < -0.4 is 0 Å². The monoisotopic (exact) mass is 360 g/mol. The SMILES string of the molecule is O=C[C@H](O)[C@@H](O)[C@H](O)[C@@H](O)CO.O=C[C@H](O)[C@@H](O)[C@H](O)[C@@H](O)CO. The second-order valence-corrected chi connectivity index (χ2v) is 4.72. The molecule has 0 aromatic heterocycles. The van der Waals surface area contributed by atoms with Crippen molar-refractivity contribution in [1.29, 1.82) is 0 Å². The van der Waals surface area contributed by atoms with Crippen molar-refractivity contribution in [1.82, 2.24) is 0 Å². The Morgan fingerprint density at radius 1 is 0.542 bits per heavy atom. The Kier molecular flexibility index (Phi) is 13.9. The number of hydrogen-bond donors (Lipinski definition) is 10. The average molecular weight is 360 g/mol. The highest BCUT2D eigenvalue weighted by Crippen LogP contribution is 2.03. The number of carbonyl (C=O) groups excluding carboxylic acids is 2. The maximum atomic E-state index is 9.90. The summed E-state index contributed by atoms with van der Waals surface area (Å²) < 4.78 is 0. The van der Waals surface area contributed by atoms with E-state index >= 15 is 0 Å². The van der Waals surface area contributed by atoms with Crippen LogP contribution in [0.1, 0.15) is 0 Å². The molecule has 8 atom stereocenters. The minimum atomic E-state index is -1.79. The molecule has 0 aliphatic carbocycles. The average Bonchev–Trinajstić information content (AvgIpc) is 2.62. The summed E-state index contributed by atoms with van der Waals surface area (Å²) in [6.07, 6.45) is -13.7. The zero-order chi connectivity index (χ0) is 19.4. The molecular formula is C12H24O12. The van der Waals surface area contributed by atoms with Crippen molar-refractivity contribution in [3.63, 3.8) is 0 Å². The van der Waals surface area contributed by atoms with Crippen molar-refractivity contribution in [3.05, 3.63) is 0 Å². The number of aliphatic hydroxyl groups is 10. The number of hydrogen-bond acceptors (Lipinski definition) is 12. The van der Waals surface area contributed by atoms with Gasteiger partial charge in [0.05, 0.1) is 13.2 Å². The van der Waals surface area contributed by atoms with Gasteiger partial charge >= 0.3 is 0 Å². The fourth-order valence-electron chi connectivity index (χ4n) is 1.24. The molecule has 12 heteroatoms. The van der Waals surface area contributed by atoms with Gasteiger partial charge in [0.25, 0.3) is 0 Å². The molecule has 0 spiro atoms. The molecule has 144 valence electrons. The molecule has 0 heterocycles. The maximum absolute atomic E-state index is 9.90. The number of carbonyl (C=O) groups is 2. The van der Waals surface area contributed by atoms with Gasteiger partial charge in [-0.2, -0.15) is 0 Å². The van der Waals surface area contributed by atoms with Gasteiger partial charge in [-0.3, -0.25) is 0 Å². The van der Waals surface area contributed by atoms with E-state index in [1.165, 1.54) is 0 Å². The van der Waals surface area contributed by atoms with Crippen molar-refractivity contribution >= 4 is 12.6 Å². The molecular weight excluding hydrogens is 336 g/mol. The molecule has 0 aliphatic heterocycles. The molecule has 0 aliphatic rings. The van der Waals surface area contributed by atoms with Gasteiger partial charge in [0.15, 0.2) is 12.6 Å². The highest BCUT2D eigenvalue weighted by molar-refractivity contribution is 5.57. The van der Waals surface area contributed by atoms with Crippen LogP contribution in [0.5, 0.6) is 0 Å². The predicted octanol–water partition coefficient (Wildman–Crippen LogP) is -6.76. The number of aldehydes is 2. The van der Waals surface area contributed by atoms with Crippen LogP contribution in [-0.4, -0.2) is 126 Å². The Balaban J connectivity index is 0. The van der Waals surface area contributed by atoms with Crippen LogP contribution in [0.25, 0.3) is 0 Å². The molecule has 10 N–H and O–H groups in total. The van der Waals surface area contributed by atoms with Gasteiger partial charge in [-0.1, -0.05) is 0 Å². The predicted molar refractivity (Wildman–Crippen MR) is 74.4 cm³/mol. The summed E-state index contributed by atoms with van der Waals surface area (Å²) in [6, 6.07) is 0. The third-order valence-electron chi connectivity index (χ3n) is 2.84. The Morgan fingerprint density at radius 2 is 0.792 bits per heavy atom. The smallest absolute Gasteiger partial charge is 0.151 e. The van der Waals surface area contributed by atoms with Crippen molar-refractivity contribution in [2.75, 3.05) is 13.2 Å². The second kappa shape index (κ2) is 13.3. The van der Waals surface area contributed by atoms with Crippen molar-refractivity contribution in [2.24, 2.45) is 0 Å². The zero-order valence-electron chi connectivity index (χ0n) is 12.5. The molecule has 0 radical (unpaired) electrons. The van der Waals surface area contributed by atoms with Gasteiger partial charge in [-0.15, -0.1) is 0 Å². The molecule has 0 aromatic carbocycles. The molecule has 0 saturated carbocycles. The normalized spacial score (nSPS) is 21.1. The van der Waals surface area contributed by atoms with Crippen LogP contribution in [-0.2, 0) is 9.59 Å². The third kappa shape index (κ3) is 8.70. The van der Waals surface area contributed by atoms with Crippen LogP contribution in [0.3, 0.4) is 0 Å². The molecule has 12 nitrogen and oxygen atoms in total. The zero-order valence-corrected chi connectivity index (χ0v) is 12.5. The molecule has 0 aromatic rings.